The van der Waals surface area contributed by atoms with E-state index in [9.17, 15) is 53.4 Å². The quantitative estimate of drug-likeness (QED) is 0.0300. The first-order valence-electron chi connectivity index (χ1n) is 16.2. The van der Waals surface area contributed by atoms with Crippen molar-refractivity contribution in [3.63, 3.8) is 0 Å². The van der Waals surface area contributed by atoms with E-state index in [1.807, 2.05) is 12.1 Å². The van der Waals surface area contributed by atoms with Gasteiger partial charge in [0, 0.05) is 24.9 Å². The third-order valence-electron chi connectivity index (χ3n) is 7.67. The molecule has 298 valence electrons. The number of rotatable bonds is 18. The van der Waals surface area contributed by atoms with Gasteiger partial charge in [-0.2, -0.15) is 8.62 Å². The van der Waals surface area contributed by atoms with Crippen LogP contribution in [0.3, 0.4) is 0 Å². The fourth-order valence-corrected chi connectivity index (χ4v) is 8.19. The van der Waals surface area contributed by atoms with Crippen molar-refractivity contribution in [1.82, 2.24) is 15.2 Å². The maximum absolute atomic E-state index is 12.5. The van der Waals surface area contributed by atoms with E-state index in [1.165, 1.54) is 6.20 Å². The van der Waals surface area contributed by atoms with Gasteiger partial charge in [0.15, 0.2) is 0 Å². The second-order valence-corrected chi connectivity index (χ2v) is 16.3. The van der Waals surface area contributed by atoms with E-state index in [-0.39, 0.29) is 42.5 Å². The number of unbranched alkanes of at least 4 members (excludes halogenated alkanes) is 2. The van der Waals surface area contributed by atoms with E-state index >= 15 is 0 Å². The maximum Gasteiger partial charge on any atom is 0.490 e. The molecule has 4 rings (SSSR count). The summed E-state index contributed by atoms with van der Waals surface area (Å²) in [6.45, 7) is -0.607. The van der Waals surface area contributed by atoms with Crippen LogP contribution in [0.25, 0.3) is 11.1 Å². The number of phosphoric acid groups is 3. The first-order chi connectivity index (χ1) is 25.8. The Balaban J connectivity index is 1.16. The number of hydrogen-bond donors (Lipinski definition) is 8. The number of ether oxygens (including phenoxy) is 1. The second kappa shape index (κ2) is 19.1. The molecule has 8 N–H and O–H groups in total. The van der Waals surface area contributed by atoms with E-state index < -0.39 is 59.3 Å². The molecule has 2 amide bonds. The topological polar surface area (TPSA) is 316 Å². The zero-order valence-electron chi connectivity index (χ0n) is 28.6. The van der Waals surface area contributed by atoms with Crippen molar-refractivity contribution in [2.75, 3.05) is 19.7 Å². The van der Waals surface area contributed by atoms with Crippen molar-refractivity contribution in [1.29, 1.82) is 0 Å². The lowest BCUT2D eigenvalue weighted by Gasteiger charge is -2.18. The minimum atomic E-state index is -5.77. The van der Waals surface area contributed by atoms with Gasteiger partial charge < -0.3 is 55.3 Å². The van der Waals surface area contributed by atoms with Crippen LogP contribution in [0.2, 0.25) is 0 Å². The average molecular weight is 831 g/mol. The fraction of sp³-hybridized carbons (Fsp3) is 0.355. The van der Waals surface area contributed by atoms with Crippen LogP contribution in [0.1, 0.15) is 54.3 Å². The summed E-state index contributed by atoms with van der Waals surface area (Å²) in [6.07, 6.45) is -0.969. The maximum atomic E-state index is 12.5. The van der Waals surface area contributed by atoms with Crippen molar-refractivity contribution in [3.8, 4) is 28.7 Å². The van der Waals surface area contributed by atoms with Gasteiger partial charge in [0.05, 0.1) is 30.9 Å². The Kier molecular flexibility index (Phi) is 15.1. The minimum absolute atomic E-state index is 0.0687. The number of benzene rings is 2. The third kappa shape index (κ3) is 14.1. The minimum Gasteiger partial charge on any atom is -0.508 e. The van der Waals surface area contributed by atoms with Gasteiger partial charge >= 0.3 is 29.3 Å². The third-order valence-corrected chi connectivity index (χ3v) is 11.5. The van der Waals surface area contributed by atoms with Crippen LogP contribution in [0.15, 0.2) is 60.8 Å². The van der Waals surface area contributed by atoms with Gasteiger partial charge in [-0.1, -0.05) is 42.5 Å². The summed E-state index contributed by atoms with van der Waals surface area (Å²) < 4.78 is 52.5. The Bertz CT molecular complexity index is 2040. The summed E-state index contributed by atoms with van der Waals surface area (Å²) in [4.78, 5) is 71.8. The Morgan fingerprint density at radius 2 is 1.60 bits per heavy atom. The lowest BCUT2D eigenvalue weighted by Crippen LogP contribution is -2.26. The zero-order chi connectivity index (χ0) is 40.4. The lowest BCUT2D eigenvalue weighted by molar-refractivity contribution is -0.393. The summed E-state index contributed by atoms with van der Waals surface area (Å²) in [6, 6.07) is 14.9. The van der Waals surface area contributed by atoms with Crippen LogP contribution in [0.4, 0.5) is 5.82 Å². The smallest absolute Gasteiger partial charge is 0.490 e. The molecule has 0 bridgehead atoms. The number of phosphoric ester groups is 1. The highest BCUT2D eigenvalue weighted by atomic mass is 31.3. The second-order valence-electron chi connectivity index (χ2n) is 11.8. The molecule has 1 fully saturated rings. The van der Waals surface area contributed by atoms with E-state index in [0.717, 1.165) is 21.8 Å². The zero-order valence-corrected chi connectivity index (χ0v) is 31.3. The number of aromatic hydroxyl groups is 1. The molecule has 24 heteroatoms. The molecule has 2 unspecified atom stereocenters. The molecule has 5 atom stereocenters. The highest BCUT2D eigenvalue weighted by Crippen LogP contribution is 2.66. The van der Waals surface area contributed by atoms with Crippen LogP contribution >= 0.6 is 23.5 Å². The van der Waals surface area contributed by atoms with Crippen molar-refractivity contribution in [2.45, 2.75) is 50.5 Å². The Hall–Kier alpha value is -4.25. The van der Waals surface area contributed by atoms with Gasteiger partial charge in [-0.25, -0.2) is 18.3 Å². The molecule has 0 aliphatic carbocycles. The molecule has 2 heterocycles. The Morgan fingerprint density at radius 3 is 2.24 bits per heavy atom. The van der Waals surface area contributed by atoms with Crippen molar-refractivity contribution in [2.24, 2.45) is 0 Å². The predicted octanol–water partition coefficient (Wildman–Crippen LogP) is 3.22. The molecule has 0 spiro atoms. The molecular formula is C31H37N4O17P3. The summed E-state index contributed by atoms with van der Waals surface area (Å²) in [5.41, 5.74) is 2.47. The van der Waals surface area contributed by atoms with E-state index in [0.29, 0.717) is 31.4 Å². The summed E-state index contributed by atoms with van der Waals surface area (Å²) in [5.74, 6) is 4.55. The van der Waals surface area contributed by atoms with Crippen molar-refractivity contribution < 1.29 is 75.9 Å². The number of amides is 2. The highest BCUT2D eigenvalue weighted by molar-refractivity contribution is 7.66. The van der Waals surface area contributed by atoms with Crippen LogP contribution in [0, 0.1) is 22.0 Å². The normalized spacial score (nSPS) is 19.0. The molecule has 3 aromatic rings. The standard InChI is InChI=1S/C31H37N4O17P3/c36-25-13-11-23(12-14-25)22-7-9-24(10-8-22)31(39)33-15-3-1-2-6-28(38)32-16-4-5-21-17-29(35(40)41)34(19-21)30-18-26(37)27(50-30)20-49-54(45,46)52-55(47,48)51-53(42,43)44/h7-14,17,19,26-27,30,36-37H,1-3,6,15-16,18,20H2,(H,32,38)(H,33,39)(H,45,46)(H,47,48)(H2,42,43,44)/t26-,27-,30-/m1/s1. The lowest BCUT2D eigenvalue weighted by atomic mass is 10.0. The van der Waals surface area contributed by atoms with Crippen molar-refractivity contribution in [3.05, 3.63) is 82.0 Å². The number of phenolic OH excluding ortho intramolecular Hbond substituents is 1. The first kappa shape index (κ1) is 43.5. The summed E-state index contributed by atoms with van der Waals surface area (Å²) >= 11 is 0. The Morgan fingerprint density at radius 1 is 0.945 bits per heavy atom. The van der Waals surface area contributed by atoms with E-state index in [4.69, 9.17) is 14.5 Å². The number of carbonyl (C=O) groups excluding carboxylic acids is 2. The van der Waals surface area contributed by atoms with Crippen LogP contribution < -0.4 is 10.6 Å². The summed E-state index contributed by atoms with van der Waals surface area (Å²) in [5, 5.41) is 37.0. The fourth-order valence-electron chi connectivity index (χ4n) is 5.16. The van der Waals surface area contributed by atoms with Crippen LogP contribution in [0.5, 0.6) is 5.75 Å². The van der Waals surface area contributed by atoms with E-state index in [2.05, 4.69) is 35.6 Å². The van der Waals surface area contributed by atoms with Gasteiger partial charge in [0.1, 0.15) is 18.1 Å². The molecule has 1 saturated heterocycles. The number of hydrogen-bond acceptors (Lipinski definition) is 13. The number of aliphatic hydroxyl groups is 1. The molecule has 21 nitrogen and oxygen atoms in total. The number of aliphatic hydroxyl groups excluding tert-OH is 1. The number of nitrogens with zero attached hydrogens (tertiary/aromatic N) is 2. The van der Waals surface area contributed by atoms with Crippen LogP contribution in [-0.2, 0) is 36.4 Å². The molecule has 0 radical (unpaired) electrons. The highest BCUT2D eigenvalue weighted by Gasteiger charge is 2.44. The number of nitro groups is 1. The van der Waals surface area contributed by atoms with Gasteiger partial charge in [0.2, 0.25) is 12.1 Å². The molecule has 1 aromatic heterocycles. The first-order valence-corrected chi connectivity index (χ1v) is 20.7. The molecule has 1 aliphatic heterocycles. The van der Waals surface area contributed by atoms with Gasteiger partial charge in [-0.3, -0.25) is 14.1 Å². The Labute approximate surface area is 312 Å². The monoisotopic (exact) mass is 830 g/mol. The SMILES string of the molecule is O=C(CCCCCNC(=O)c1ccc(-c2ccc(O)cc2)cc1)NCC#Cc1cc([N+](=O)[O-])n([C@H]2C[C@@H](O)[C@@H](COP(=O)(O)OP(=O)(O)OP(=O)(O)O)O2)c1. The molecule has 0 saturated carbocycles. The number of aromatic nitrogens is 1. The molecular weight excluding hydrogens is 793 g/mol. The molecule has 1 aliphatic rings. The van der Waals surface area contributed by atoms with Crippen molar-refractivity contribution >= 4 is 41.1 Å². The van der Waals surface area contributed by atoms with Gasteiger partial charge in [-0.05, 0) is 53.2 Å². The number of carbonyl (C=O) groups is 2. The number of nitrogens with one attached hydrogen (secondary N) is 2. The van der Waals surface area contributed by atoms with Gasteiger partial charge in [0.25, 0.3) is 5.91 Å². The van der Waals surface area contributed by atoms with Gasteiger partial charge in [-0.15, -0.1) is 0 Å². The predicted molar refractivity (Wildman–Crippen MR) is 190 cm³/mol. The van der Waals surface area contributed by atoms with E-state index in [1.54, 1.807) is 36.4 Å². The van der Waals surface area contributed by atoms with Crippen LogP contribution in [-0.4, -0.2) is 83.0 Å². The largest absolute Gasteiger partial charge is 0.508 e. The average Bonchev–Trinajstić information content (AvgIpc) is 3.69. The molecule has 2 aromatic carbocycles. The number of phenols is 1. The summed E-state index contributed by atoms with van der Waals surface area (Å²) in [7, 11) is -16.9. The molecule has 55 heavy (non-hydrogen) atoms.